The molecule has 6 rings (SSSR count). The number of ether oxygens (including phenoxy) is 1. The van der Waals surface area contributed by atoms with Crippen LogP contribution < -0.4 is 10.5 Å². The smallest absolute Gasteiger partial charge is 0.164 e. The van der Waals surface area contributed by atoms with Crippen LogP contribution in [-0.2, 0) is 6.61 Å². The Labute approximate surface area is 218 Å². The number of para-hydroxylation sites is 1. The summed E-state index contributed by atoms with van der Waals surface area (Å²) < 4.78 is 8.38. The van der Waals surface area contributed by atoms with Gasteiger partial charge in [0.2, 0.25) is 0 Å². The quantitative estimate of drug-likeness (QED) is 0.423. The first-order valence-electron chi connectivity index (χ1n) is 13.3. The molecule has 1 saturated heterocycles. The molecule has 2 aromatic carbocycles. The molecule has 8 heteroatoms. The van der Waals surface area contributed by atoms with Crippen LogP contribution >= 0.6 is 0 Å². The fourth-order valence-corrected chi connectivity index (χ4v) is 5.82. The van der Waals surface area contributed by atoms with Crippen molar-refractivity contribution in [2.45, 2.75) is 44.4 Å². The molecule has 2 N–H and O–H groups in total. The number of hydrogen-bond acceptors (Lipinski definition) is 7. The molecule has 0 unspecified atom stereocenters. The van der Waals surface area contributed by atoms with E-state index in [9.17, 15) is 0 Å². The zero-order chi connectivity index (χ0) is 25.2. The summed E-state index contributed by atoms with van der Waals surface area (Å²) in [5.41, 5.74) is 10.1. The fourth-order valence-electron chi connectivity index (χ4n) is 5.82. The summed E-state index contributed by atoms with van der Waals surface area (Å²) in [4.78, 5) is 14.1. The van der Waals surface area contributed by atoms with E-state index in [4.69, 9.17) is 15.6 Å². The molecule has 4 aromatic rings. The highest BCUT2D eigenvalue weighted by Crippen LogP contribution is 2.39. The Bertz CT molecular complexity index is 1340. The van der Waals surface area contributed by atoms with Gasteiger partial charge >= 0.3 is 0 Å². The van der Waals surface area contributed by atoms with Crippen molar-refractivity contribution in [2.24, 2.45) is 0 Å². The monoisotopic (exact) mass is 497 g/mol. The minimum Gasteiger partial charge on any atom is -0.488 e. The summed E-state index contributed by atoms with van der Waals surface area (Å²) in [6.07, 6.45) is 6.09. The van der Waals surface area contributed by atoms with Crippen LogP contribution in [0.1, 0.15) is 37.3 Å². The zero-order valence-electron chi connectivity index (χ0n) is 21.5. The van der Waals surface area contributed by atoms with Gasteiger partial charge in [-0.15, -0.1) is 0 Å². The molecule has 2 aromatic heterocycles. The molecule has 0 radical (unpaired) electrons. The van der Waals surface area contributed by atoms with E-state index in [1.807, 2.05) is 42.5 Å². The highest BCUT2D eigenvalue weighted by Gasteiger charge is 2.31. The SMILES string of the molecule is CN1CCN(C2CCC(n3nc(-c4ccccc4OCc4ccccc4)c4c(N)ncnc43)CC2)CC1. The van der Waals surface area contributed by atoms with Gasteiger partial charge in [0.1, 0.15) is 30.2 Å². The van der Waals surface area contributed by atoms with Crippen molar-refractivity contribution in [1.82, 2.24) is 29.5 Å². The predicted molar refractivity (Wildman–Crippen MR) is 146 cm³/mol. The number of nitrogens with zero attached hydrogens (tertiary/aromatic N) is 6. The van der Waals surface area contributed by atoms with Crippen LogP contribution in [0.25, 0.3) is 22.3 Å². The van der Waals surface area contributed by atoms with E-state index in [1.54, 1.807) is 6.33 Å². The van der Waals surface area contributed by atoms with Gasteiger partial charge in [0.15, 0.2) is 5.65 Å². The number of anilines is 1. The first kappa shape index (κ1) is 23.9. The first-order chi connectivity index (χ1) is 18.2. The molecule has 1 aliphatic carbocycles. The second-order valence-corrected chi connectivity index (χ2v) is 10.3. The average molecular weight is 498 g/mol. The first-order valence-corrected chi connectivity index (χ1v) is 13.3. The summed E-state index contributed by atoms with van der Waals surface area (Å²) in [6, 6.07) is 19.2. The van der Waals surface area contributed by atoms with Crippen LogP contribution in [0.5, 0.6) is 5.75 Å². The molecule has 192 valence electrons. The summed E-state index contributed by atoms with van der Waals surface area (Å²) >= 11 is 0. The number of nitrogen functional groups attached to an aromatic ring is 1. The van der Waals surface area contributed by atoms with Gasteiger partial charge in [-0.2, -0.15) is 5.10 Å². The maximum absolute atomic E-state index is 6.43. The van der Waals surface area contributed by atoms with Crippen molar-refractivity contribution in [3.05, 3.63) is 66.5 Å². The van der Waals surface area contributed by atoms with Gasteiger partial charge in [0, 0.05) is 37.8 Å². The van der Waals surface area contributed by atoms with Crippen molar-refractivity contribution in [3.63, 3.8) is 0 Å². The third-order valence-electron chi connectivity index (χ3n) is 7.96. The summed E-state index contributed by atoms with van der Waals surface area (Å²) in [7, 11) is 2.22. The lowest BCUT2D eigenvalue weighted by atomic mass is 9.90. The second-order valence-electron chi connectivity index (χ2n) is 10.3. The fraction of sp³-hybridized carbons (Fsp3) is 0.414. The van der Waals surface area contributed by atoms with E-state index in [0.717, 1.165) is 59.5 Å². The van der Waals surface area contributed by atoms with Gasteiger partial charge < -0.3 is 15.4 Å². The molecule has 2 aliphatic rings. The molecule has 8 nitrogen and oxygen atoms in total. The van der Waals surface area contributed by atoms with Crippen LogP contribution in [0.15, 0.2) is 60.9 Å². The van der Waals surface area contributed by atoms with E-state index < -0.39 is 0 Å². The number of piperazine rings is 1. The predicted octanol–water partition coefficient (Wildman–Crippen LogP) is 4.39. The summed E-state index contributed by atoms with van der Waals surface area (Å²) in [6.45, 7) is 5.15. The van der Waals surface area contributed by atoms with E-state index in [1.165, 1.54) is 25.9 Å². The van der Waals surface area contributed by atoms with Crippen LogP contribution in [0, 0.1) is 0 Å². The van der Waals surface area contributed by atoms with E-state index in [2.05, 4.69) is 43.6 Å². The highest BCUT2D eigenvalue weighted by molar-refractivity contribution is 5.99. The van der Waals surface area contributed by atoms with Crippen molar-refractivity contribution < 1.29 is 4.74 Å². The average Bonchev–Trinajstić information content (AvgIpc) is 3.34. The van der Waals surface area contributed by atoms with Crippen LogP contribution in [-0.4, -0.2) is 68.8 Å². The second kappa shape index (κ2) is 10.5. The Kier molecular flexibility index (Phi) is 6.76. The molecule has 2 fully saturated rings. The summed E-state index contributed by atoms with van der Waals surface area (Å²) in [5.74, 6) is 1.23. The van der Waals surface area contributed by atoms with Crippen molar-refractivity contribution in [3.8, 4) is 17.0 Å². The molecule has 0 bridgehead atoms. The minimum absolute atomic E-state index is 0.298. The van der Waals surface area contributed by atoms with E-state index in [-0.39, 0.29) is 0 Å². The third kappa shape index (κ3) is 4.91. The largest absolute Gasteiger partial charge is 0.488 e. The van der Waals surface area contributed by atoms with Gasteiger partial charge in [-0.05, 0) is 50.4 Å². The highest BCUT2D eigenvalue weighted by atomic mass is 16.5. The van der Waals surface area contributed by atoms with Gasteiger partial charge in [0.05, 0.1) is 11.4 Å². The Hall–Kier alpha value is -3.49. The number of nitrogens with two attached hydrogens (primary N) is 1. The van der Waals surface area contributed by atoms with Gasteiger partial charge in [-0.3, -0.25) is 4.90 Å². The lowest BCUT2D eigenvalue weighted by Crippen LogP contribution is -2.49. The van der Waals surface area contributed by atoms with Gasteiger partial charge in [-0.1, -0.05) is 42.5 Å². The van der Waals surface area contributed by atoms with Crippen molar-refractivity contribution in [1.29, 1.82) is 0 Å². The molecule has 37 heavy (non-hydrogen) atoms. The van der Waals surface area contributed by atoms with E-state index >= 15 is 0 Å². The van der Waals surface area contributed by atoms with Gasteiger partial charge in [-0.25, -0.2) is 14.6 Å². The van der Waals surface area contributed by atoms with Crippen molar-refractivity contribution >= 4 is 16.9 Å². The minimum atomic E-state index is 0.298. The Morgan fingerprint density at radius 2 is 1.57 bits per heavy atom. The molecule has 1 aliphatic heterocycles. The molecule has 3 heterocycles. The normalized spacial score (nSPS) is 21.3. The number of likely N-dealkylation sites (N-methyl/N-ethyl adjacent to an activating group) is 1. The lowest BCUT2D eigenvalue weighted by Gasteiger charge is -2.41. The molecule has 1 saturated carbocycles. The molecular weight excluding hydrogens is 462 g/mol. The molecular formula is C29H35N7O. The maximum Gasteiger partial charge on any atom is 0.164 e. The number of benzene rings is 2. The molecule has 0 spiro atoms. The van der Waals surface area contributed by atoms with Crippen LogP contribution in [0.3, 0.4) is 0 Å². The molecule has 0 atom stereocenters. The molecule has 0 amide bonds. The van der Waals surface area contributed by atoms with Crippen molar-refractivity contribution in [2.75, 3.05) is 39.0 Å². The van der Waals surface area contributed by atoms with Gasteiger partial charge in [0.25, 0.3) is 0 Å². The zero-order valence-corrected chi connectivity index (χ0v) is 21.5. The number of aromatic nitrogens is 4. The Morgan fingerprint density at radius 1 is 0.865 bits per heavy atom. The Balaban J connectivity index is 1.28. The number of hydrogen-bond donors (Lipinski definition) is 1. The Morgan fingerprint density at radius 3 is 2.35 bits per heavy atom. The maximum atomic E-state index is 6.43. The van der Waals surface area contributed by atoms with Crippen LogP contribution in [0.2, 0.25) is 0 Å². The summed E-state index contributed by atoms with van der Waals surface area (Å²) in [5, 5.41) is 5.95. The third-order valence-corrected chi connectivity index (χ3v) is 7.96. The standard InChI is InChI=1S/C29H35N7O/c1-34-15-17-35(18-16-34)22-11-13-23(14-12-22)36-29-26(28(30)31-20-32-29)27(33-36)24-9-5-6-10-25(24)37-19-21-7-3-2-4-8-21/h2-10,20,22-23H,11-19H2,1H3,(H2,30,31,32). The lowest BCUT2D eigenvalue weighted by molar-refractivity contribution is 0.0815. The number of fused-ring (bicyclic) bond motifs is 1. The number of rotatable bonds is 6. The van der Waals surface area contributed by atoms with E-state index in [0.29, 0.717) is 24.5 Å². The topological polar surface area (TPSA) is 85.3 Å². The van der Waals surface area contributed by atoms with Crippen LogP contribution in [0.4, 0.5) is 5.82 Å².